The lowest BCUT2D eigenvalue weighted by Crippen LogP contribution is -2.59. The molecule has 2 heterocycles. The van der Waals surface area contributed by atoms with E-state index in [-0.39, 0.29) is 29.4 Å². The van der Waals surface area contributed by atoms with Crippen LogP contribution in [0.2, 0.25) is 0 Å². The van der Waals surface area contributed by atoms with Crippen LogP contribution in [0.15, 0.2) is 41.5 Å². The van der Waals surface area contributed by atoms with E-state index in [2.05, 4.69) is 9.98 Å². The molecule has 32 heavy (non-hydrogen) atoms. The number of Topliss-reactive ketones (excluding diaryl/α,β-unsaturated/α-hetero) is 1. The molecule has 0 saturated heterocycles. The van der Waals surface area contributed by atoms with Crippen molar-refractivity contribution < 1.29 is 17.6 Å². The zero-order valence-electron chi connectivity index (χ0n) is 18.4. The summed E-state index contributed by atoms with van der Waals surface area (Å²) in [6, 6.07) is 7.79. The van der Waals surface area contributed by atoms with E-state index in [0.29, 0.717) is 24.1 Å². The molecule has 2 aliphatic rings. The Morgan fingerprint density at radius 3 is 2.50 bits per heavy atom. The molecule has 1 aliphatic heterocycles. The minimum Gasteiger partial charge on any atom is -0.386 e. The van der Waals surface area contributed by atoms with E-state index in [1.807, 2.05) is 13.0 Å². The SMILES string of the molecule is Cc1ccc(C(=O)Cc2ccc(F)c([C@]3(C)CS(=O)(=O)C4(CCCCC4)C(N)=N3)c2)nc1. The number of amidine groups is 1. The van der Waals surface area contributed by atoms with Crippen LogP contribution in [0.25, 0.3) is 0 Å². The minimum atomic E-state index is -3.65. The molecule has 8 heteroatoms. The van der Waals surface area contributed by atoms with Gasteiger partial charge < -0.3 is 5.73 Å². The Balaban J connectivity index is 1.69. The first-order valence-electron chi connectivity index (χ1n) is 10.9. The maximum Gasteiger partial charge on any atom is 0.185 e. The zero-order valence-corrected chi connectivity index (χ0v) is 19.2. The quantitative estimate of drug-likeness (QED) is 0.706. The molecule has 1 saturated carbocycles. The number of carbonyl (C=O) groups is 1. The van der Waals surface area contributed by atoms with Crippen molar-refractivity contribution in [1.82, 2.24) is 4.98 Å². The topological polar surface area (TPSA) is 102 Å². The highest BCUT2D eigenvalue weighted by molar-refractivity contribution is 7.93. The molecule has 0 radical (unpaired) electrons. The summed E-state index contributed by atoms with van der Waals surface area (Å²) >= 11 is 0. The number of benzene rings is 1. The average Bonchev–Trinajstić information content (AvgIpc) is 2.74. The highest BCUT2D eigenvalue weighted by Gasteiger charge is 2.55. The number of rotatable bonds is 4. The third-order valence-electron chi connectivity index (χ3n) is 6.73. The van der Waals surface area contributed by atoms with Gasteiger partial charge in [0, 0.05) is 18.2 Å². The van der Waals surface area contributed by atoms with Crippen molar-refractivity contribution in [3.8, 4) is 0 Å². The molecular formula is C24H28FN3O3S. The maximum atomic E-state index is 14.9. The number of pyridine rings is 1. The monoisotopic (exact) mass is 457 g/mol. The van der Waals surface area contributed by atoms with Crippen LogP contribution in [-0.4, -0.2) is 35.5 Å². The predicted molar refractivity (Wildman–Crippen MR) is 122 cm³/mol. The summed E-state index contributed by atoms with van der Waals surface area (Å²) in [7, 11) is -3.65. The number of ketones is 1. The van der Waals surface area contributed by atoms with Crippen LogP contribution in [0.1, 0.15) is 66.2 Å². The van der Waals surface area contributed by atoms with E-state index < -0.39 is 25.9 Å². The molecule has 170 valence electrons. The van der Waals surface area contributed by atoms with Crippen molar-refractivity contribution in [1.29, 1.82) is 0 Å². The fourth-order valence-electron chi connectivity index (χ4n) is 4.90. The van der Waals surface area contributed by atoms with Crippen LogP contribution in [0.4, 0.5) is 4.39 Å². The van der Waals surface area contributed by atoms with Gasteiger partial charge in [0.2, 0.25) is 0 Å². The second-order valence-electron chi connectivity index (χ2n) is 9.22. The third kappa shape index (κ3) is 3.85. The molecule has 1 spiro atoms. The summed E-state index contributed by atoms with van der Waals surface area (Å²) in [6.07, 6.45) is 5.10. The molecular weight excluding hydrogens is 429 g/mol. The zero-order chi connectivity index (χ0) is 23.1. The van der Waals surface area contributed by atoms with Gasteiger partial charge in [0.05, 0.1) is 5.75 Å². The molecule has 1 aromatic carbocycles. The predicted octanol–water partition coefficient (Wildman–Crippen LogP) is 3.66. The van der Waals surface area contributed by atoms with E-state index in [1.165, 1.54) is 18.2 Å². The smallest absolute Gasteiger partial charge is 0.185 e. The standard InChI is InChI=1S/C24H28FN3O3S/c1-16-6-9-20(27-14-16)21(29)13-17-7-8-19(25)18(12-17)23(2)15-32(30,31)24(22(26)28-23)10-4-3-5-11-24/h6-9,12,14H,3-5,10-11,13,15H2,1-2H3,(H2,26,28)/t23-/m0/s1. The summed E-state index contributed by atoms with van der Waals surface area (Å²) in [4.78, 5) is 21.4. The van der Waals surface area contributed by atoms with Crippen molar-refractivity contribution in [2.75, 3.05) is 5.75 Å². The first-order valence-corrected chi connectivity index (χ1v) is 12.5. The van der Waals surface area contributed by atoms with E-state index in [0.717, 1.165) is 24.8 Å². The highest BCUT2D eigenvalue weighted by atomic mass is 32.2. The molecule has 2 N–H and O–H groups in total. The van der Waals surface area contributed by atoms with Crippen molar-refractivity contribution in [2.45, 2.75) is 62.7 Å². The number of nitrogens with two attached hydrogens (primary N) is 1. The number of aromatic nitrogens is 1. The molecule has 1 atom stereocenters. The van der Waals surface area contributed by atoms with Gasteiger partial charge in [-0.25, -0.2) is 12.8 Å². The lowest BCUT2D eigenvalue weighted by molar-refractivity contribution is 0.0988. The molecule has 0 amide bonds. The summed E-state index contributed by atoms with van der Waals surface area (Å²) < 4.78 is 40.6. The van der Waals surface area contributed by atoms with Crippen molar-refractivity contribution in [3.63, 3.8) is 0 Å². The molecule has 0 bridgehead atoms. The van der Waals surface area contributed by atoms with E-state index in [4.69, 9.17) is 5.73 Å². The summed E-state index contributed by atoms with van der Waals surface area (Å²) in [6.45, 7) is 3.48. The summed E-state index contributed by atoms with van der Waals surface area (Å²) in [5.74, 6) is -0.999. The van der Waals surface area contributed by atoms with Crippen LogP contribution in [0.5, 0.6) is 0 Å². The van der Waals surface area contributed by atoms with Crippen molar-refractivity contribution in [3.05, 3.63) is 64.7 Å². The number of carbonyl (C=O) groups excluding carboxylic acids is 1. The molecule has 2 aromatic rings. The number of sulfone groups is 1. The number of halogens is 1. The highest BCUT2D eigenvalue weighted by Crippen LogP contribution is 2.44. The number of aryl methyl sites for hydroxylation is 1. The largest absolute Gasteiger partial charge is 0.386 e. The fourth-order valence-corrected chi connectivity index (χ4v) is 7.41. The van der Waals surface area contributed by atoms with Crippen molar-refractivity contribution in [2.24, 2.45) is 10.7 Å². The maximum absolute atomic E-state index is 14.9. The third-order valence-corrected chi connectivity index (χ3v) is 9.48. The van der Waals surface area contributed by atoms with Gasteiger partial charge in [-0.2, -0.15) is 0 Å². The number of hydrogen-bond acceptors (Lipinski definition) is 6. The Hall–Kier alpha value is -2.61. The number of nitrogens with zero attached hydrogens (tertiary/aromatic N) is 2. The van der Waals surface area contributed by atoms with Crippen LogP contribution < -0.4 is 5.73 Å². The van der Waals surface area contributed by atoms with Gasteiger partial charge in [0.15, 0.2) is 15.6 Å². The Morgan fingerprint density at radius 2 is 1.88 bits per heavy atom. The lowest BCUT2D eigenvalue weighted by Gasteiger charge is -2.43. The number of hydrogen-bond donors (Lipinski definition) is 1. The van der Waals surface area contributed by atoms with E-state index >= 15 is 0 Å². The second-order valence-corrected chi connectivity index (χ2v) is 11.5. The first kappa shape index (κ1) is 22.6. The fraction of sp³-hybridized carbons (Fsp3) is 0.458. The van der Waals surface area contributed by atoms with Gasteiger partial charge in [0.25, 0.3) is 0 Å². The van der Waals surface area contributed by atoms with Gasteiger partial charge in [-0.05, 0) is 56.0 Å². The normalized spacial score (nSPS) is 24.2. The first-order chi connectivity index (χ1) is 15.1. The lowest BCUT2D eigenvalue weighted by atomic mass is 9.85. The van der Waals surface area contributed by atoms with Gasteiger partial charge in [-0.3, -0.25) is 14.8 Å². The van der Waals surface area contributed by atoms with Gasteiger partial charge >= 0.3 is 0 Å². The summed E-state index contributed by atoms with van der Waals surface area (Å²) in [5, 5.41) is 0. The van der Waals surface area contributed by atoms with Gasteiger partial charge in [-0.15, -0.1) is 0 Å². The molecule has 1 aliphatic carbocycles. The Kier molecular flexibility index (Phi) is 5.69. The van der Waals surface area contributed by atoms with Gasteiger partial charge in [-0.1, -0.05) is 31.4 Å². The van der Waals surface area contributed by atoms with Crippen molar-refractivity contribution >= 4 is 21.5 Å². The van der Waals surface area contributed by atoms with E-state index in [1.54, 1.807) is 19.2 Å². The van der Waals surface area contributed by atoms with E-state index in [9.17, 15) is 17.6 Å². The van der Waals surface area contributed by atoms with Crippen LogP contribution >= 0.6 is 0 Å². The number of aliphatic imine (C=N–C) groups is 1. The van der Waals surface area contributed by atoms with Crippen LogP contribution in [0, 0.1) is 12.7 Å². The molecule has 1 fully saturated rings. The van der Waals surface area contributed by atoms with Crippen LogP contribution in [-0.2, 0) is 21.8 Å². The molecule has 4 rings (SSSR count). The summed E-state index contributed by atoms with van der Waals surface area (Å²) in [5.41, 5.74) is 6.91. The Morgan fingerprint density at radius 1 is 1.16 bits per heavy atom. The van der Waals surface area contributed by atoms with Crippen LogP contribution in [0.3, 0.4) is 0 Å². The second kappa shape index (κ2) is 8.06. The molecule has 6 nitrogen and oxygen atoms in total. The molecule has 0 unspecified atom stereocenters. The Labute approximate surface area is 188 Å². The average molecular weight is 458 g/mol. The molecule has 1 aromatic heterocycles. The Bertz CT molecular complexity index is 1190. The van der Waals surface area contributed by atoms with Gasteiger partial charge in [0.1, 0.15) is 27.6 Å². The minimum absolute atomic E-state index is 0.0231.